The van der Waals surface area contributed by atoms with Gasteiger partial charge < -0.3 is 0 Å². The van der Waals surface area contributed by atoms with E-state index < -0.39 is 0 Å². The van der Waals surface area contributed by atoms with Gasteiger partial charge >= 0.3 is 0 Å². The zero-order chi connectivity index (χ0) is 12.4. The highest BCUT2D eigenvalue weighted by Crippen LogP contribution is 2.28. The first-order valence-corrected chi connectivity index (χ1v) is 6.23. The van der Waals surface area contributed by atoms with E-state index >= 15 is 0 Å². The summed E-state index contributed by atoms with van der Waals surface area (Å²) in [6, 6.07) is 15.7. The van der Waals surface area contributed by atoms with Crippen LogP contribution in [0.5, 0.6) is 0 Å². The molecule has 0 amide bonds. The van der Waals surface area contributed by atoms with Crippen molar-refractivity contribution in [3.8, 4) is 22.3 Å². The molecule has 2 aromatic heterocycles. The molecule has 1 aromatic carbocycles. The average Bonchev–Trinajstić information content (AvgIpc) is 3.08. The van der Waals surface area contributed by atoms with E-state index in [4.69, 9.17) is 5.26 Å². The van der Waals surface area contributed by atoms with Crippen LogP contribution >= 0.6 is 11.3 Å². The summed E-state index contributed by atoms with van der Waals surface area (Å²) in [7, 11) is 0. The van der Waals surface area contributed by atoms with Crippen LogP contribution in [0.4, 0.5) is 0 Å². The second-order valence-electron chi connectivity index (χ2n) is 3.62. The van der Waals surface area contributed by atoms with Crippen LogP contribution in [0.3, 0.4) is 0 Å². The lowest BCUT2D eigenvalue weighted by atomic mass is 10.2. The van der Waals surface area contributed by atoms with Crippen molar-refractivity contribution in [1.82, 2.24) is 15.0 Å². The van der Waals surface area contributed by atoms with Crippen LogP contribution in [-0.2, 0) is 0 Å². The number of para-hydroxylation sites is 1. The van der Waals surface area contributed by atoms with Crippen molar-refractivity contribution < 1.29 is 0 Å². The Bertz CT molecular complexity index is 692. The number of benzene rings is 1. The average molecular weight is 252 g/mol. The zero-order valence-corrected chi connectivity index (χ0v) is 10.1. The van der Waals surface area contributed by atoms with Gasteiger partial charge in [0.2, 0.25) is 0 Å². The molecule has 0 N–H and O–H groups in total. The van der Waals surface area contributed by atoms with Gasteiger partial charge in [-0.25, -0.2) is 4.68 Å². The van der Waals surface area contributed by atoms with Crippen molar-refractivity contribution >= 4 is 11.3 Å². The minimum atomic E-state index is 0.348. The number of rotatable bonds is 2. The highest BCUT2D eigenvalue weighted by Gasteiger charge is 2.16. The van der Waals surface area contributed by atoms with Gasteiger partial charge in [0.25, 0.3) is 0 Å². The zero-order valence-electron chi connectivity index (χ0n) is 9.32. The van der Waals surface area contributed by atoms with E-state index in [9.17, 15) is 0 Å². The molecule has 0 aliphatic heterocycles. The number of nitrogens with zero attached hydrogens (tertiary/aromatic N) is 4. The molecule has 0 saturated heterocycles. The normalized spacial score (nSPS) is 10.2. The third-order valence-corrected chi connectivity index (χ3v) is 3.41. The van der Waals surface area contributed by atoms with Gasteiger partial charge in [0.15, 0.2) is 5.69 Å². The molecule has 3 aromatic rings. The monoisotopic (exact) mass is 252 g/mol. The Morgan fingerprint density at radius 3 is 2.61 bits per heavy atom. The smallest absolute Gasteiger partial charge is 0.191 e. The number of hydrogen-bond donors (Lipinski definition) is 0. The topological polar surface area (TPSA) is 54.5 Å². The Labute approximate surface area is 108 Å². The van der Waals surface area contributed by atoms with Gasteiger partial charge in [-0.2, -0.15) is 5.26 Å². The minimum Gasteiger partial charge on any atom is -0.211 e. The molecule has 0 bridgehead atoms. The summed E-state index contributed by atoms with van der Waals surface area (Å²) in [6.45, 7) is 0. The first-order valence-electron chi connectivity index (χ1n) is 5.35. The quantitative estimate of drug-likeness (QED) is 0.704. The first-order chi connectivity index (χ1) is 8.90. The van der Waals surface area contributed by atoms with Crippen LogP contribution in [0.15, 0.2) is 47.8 Å². The largest absolute Gasteiger partial charge is 0.211 e. The Morgan fingerprint density at radius 2 is 1.94 bits per heavy atom. The first kappa shape index (κ1) is 10.7. The maximum Gasteiger partial charge on any atom is 0.191 e. The molecule has 0 radical (unpaired) electrons. The number of nitriles is 1. The van der Waals surface area contributed by atoms with E-state index in [1.807, 2.05) is 47.8 Å². The lowest BCUT2D eigenvalue weighted by molar-refractivity contribution is 0.807. The number of aromatic nitrogens is 3. The molecule has 2 heterocycles. The summed E-state index contributed by atoms with van der Waals surface area (Å²) in [6.07, 6.45) is 0. The fourth-order valence-electron chi connectivity index (χ4n) is 1.74. The van der Waals surface area contributed by atoms with Crippen LogP contribution in [0.2, 0.25) is 0 Å². The van der Waals surface area contributed by atoms with Crippen LogP contribution in [-0.4, -0.2) is 15.0 Å². The van der Waals surface area contributed by atoms with Gasteiger partial charge in [-0.3, -0.25) is 0 Å². The Balaban J connectivity index is 2.24. The second kappa shape index (κ2) is 4.43. The standard InChI is InChI=1S/C13H8N4S/c14-9-11-13(12-7-4-8-18-12)17(16-15-11)10-5-2-1-3-6-10/h1-8H. The van der Waals surface area contributed by atoms with Crippen LogP contribution in [0.1, 0.15) is 5.69 Å². The van der Waals surface area contributed by atoms with Crippen molar-refractivity contribution in [2.24, 2.45) is 0 Å². The summed E-state index contributed by atoms with van der Waals surface area (Å²) >= 11 is 1.57. The van der Waals surface area contributed by atoms with Crippen molar-refractivity contribution in [1.29, 1.82) is 5.26 Å². The highest BCUT2D eigenvalue weighted by molar-refractivity contribution is 7.13. The molecule has 18 heavy (non-hydrogen) atoms. The molecule has 3 rings (SSSR count). The molecule has 0 fully saturated rings. The lowest BCUT2D eigenvalue weighted by Crippen LogP contribution is -1.98. The number of hydrogen-bond acceptors (Lipinski definition) is 4. The molecule has 0 unspecified atom stereocenters. The van der Waals surface area contributed by atoms with Gasteiger partial charge in [0.05, 0.1) is 10.6 Å². The molecule has 5 heteroatoms. The molecular weight excluding hydrogens is 244 g/mol. The van der Waals surface area contributed by atoms with Crippen LogP contribution in [0, 0.1) is 11.3 Å². The lowest BCUT2D eigenvalue weighted by Gasteiger charge is -2.04. The summed E-state index contributed by atoms with van der Waals surface area (Å²) in [4.78, 5) is 0.986. The number of thiophene rings is 1. The van der Waals surface area contributed by atoms with Gasteiger partial charge in [-0.15, -0.1) is 16.4 Å². The van der Waals surface area contributed by atoms with E-state index in [2.05, 4.69) is 16.4 Å². The van der Waals surface area contributed by atoms with E-state index in [0.29, 0.717) is 5.69 Å². The van der Waals surface area contributed by atoms with Crippen LogP contribution < -0.4 is 0 Å². The Hall–Kier alpha value is -2.45. The summed E-state index contributed by atoms with van der Waals surface area (Å²) < 4.78 is 1.70. The van der Waals surface area contributed by atoms with Crippen molar-refractivity contribution in [3.63, 3.8) is 0 Å². The maximum atomic E-state index is 9.12. The molecule has 0 spiro atoms. The van der Waals surface area contributed by atoms with E-state index in [1.165, 1.54) is 0 Å². The SMILES string of the molecule is N#Cc1nnn(-c2ccccc2)c1-c1cccs1. The molecule has 4 nitrogen and oxygen atoms in total. The van der Waals surface area contributed by atoms with E-state index in [1.54, 1.807) is 16.0 Å². The minimum absolute atomic E-state index is 0.348. The van der Waals surface area contributed by atoms with Gasteiger partial charge in [-0.05, 0) is 23.6 Å². The van der Waals surface area contributed by atoms with Crippen molar-refractivity contribution in [3.05, 3.63) is 53.5 Å². The van der Waals surface area contributed by atoms with Crippen LogP contribution in [0.25, 0.3) is 16.3 Å². The van der Waals surface area contributed by atoms with Gasteiger partial charge in [0, 0.05) is 0 Å². The molecule has 0 saturated carbocycles. The van der Waals surface area contributed by atoms with Gasteiger partial charge in [-0.1, -0.05) is 29.5 Å². The summed E-state index contributed by atoms with van der Waals surface area (Å²) in [5.74, 6) is 0. The summed E-state index contributed by atoms with van der Waals surface area (Å²) in [5, 5.41) is 19.1. The predicted molar refractivity (Wildman–Crippen MR) is 69.4 cm³/mol. The molecular formula is C13H8N4S. The predicted octanol–water partition coefficient (Wildman–Crippen LogP) is 2.87. The molecule has 0 aliphatic carbocycles. The fourth-order valence-corrected chi connectivity index (χ4v) is 2.50. The van der Waals surface area contributed by atoms with Gasteiger partial charge in [0.1, 0.15) is 11.8 Å². The molecule has 86 valence electrons. The highest BCUT2D eigenvalue weighted by atomic mass is 32.1. The Kier molecular flexibility index (Phi) is 2.63. The third kappa shape index (κ3) is 1.69. The second-order valence-corrected chi connectivity index (χ2v) is 4.57. The van der Waals surface area contributed by atoms with E-state index in [-0.39, 0.29) is 0 Å². The Morgan fingerprint density at radius 1 is 1.11 bits per heavy atom. The summed E-state index contributed by atoms with van der Waals surface area (Å²) in [5.41, 5.74) is 2.00. The molecule has 0 atom stereocenters. The fraction of sp³-hybridized carbons (Fsp3) is 0. The van der Waals surface area contributed by atoms with E-state index in [0.717, 1.165) is 16.3 Å². The van der Waals surface area contributed by atoms with Crippen molar-refractivity contribution in [2.45, 2.75) is 0 Å². The maximum absolute atomic E-state index is 9.12. The third-order valence-electron chi connectivity index (χ3n) is 2.53. The molecule has 0 aliphatic rings. The van der Waals surface area contributed by atoms with Crippen molar-refractivity contribution in [2.75, 3.05) is 0 Å².